The monoisotopic (exact) mass is 789 g/mol. The minimum absolute atomic E-state index is 0.0236. The van der Waals surface area contributed by atoms with E-state index in [4.69, 9.17) is 4.98 Å². The van der Waals surface area contributed by atoms with Crippen LogP contribution in [0, 0.1) is 11.6 Å². The van der Waals surface area contributed by atoms with E-state index in [1.807, 2.05) is 28.9 Å². The Kier molecular flexibility index (Phi) is 9.95. The Morgan fingerprint density at radius 3 is 1.61 bits per heavy atom. The molecule has 3 aromatic carbocycles. The molecule has 2 aliphatic rings. The molecule has 13 nitrogen and oxygen atoms in total. The number of sulfone groups is 1. The number of rotatable bonds is 8. The fraction of sp³-hybridized carbons (Fsp3) is 0.220. The van der Waals surface area contributed by atoms with Gasteiger partial charge in [-0.05, 0) is 72.9 Å². The normalized spacial score (nSPS) is 13.8. The number of halogens is 2. The van der Waals surface area contributed by atoms with Crippen LogP contribution >= 0.6 is 0 Å². The lowest BCUT2D eigenvalue weighted by molar-refractivity contribution is 0.590. The van der Waals surface area contributed by atoms with Gasteiger partial charge in [-0.3, -0.25) is 19.0 Å². The highest BCUT2D eigenvalue weighted by Crippen LogP contribution is 2.33. The van der Waals surface area contributed by atoms with Crippen LogP contribution in [0.1, 0.15) is 31.4 Å². The van der Waals surface area contributed by atoms with Crippen molar-refractivity contribution in [1.82, 2.24) is 38.7 Å². The minimum atomic E-state index is -3.59. The Morgan fingerprint density at radius 1 is 0.632 bits per heavy atom. The quantitative estimate of drug-likeness (QED) is 0.177. The summed E-state index contributed by atoms with van der Waals surface area (Å²) in [5.41, 5.74) is 5.27. The van der Waals surface area contributed by atoms with Gasteiger partial charge in [0.15, 0.2) is 0 Å². The average Bonchev–Trinajstić information content (AvgIpc) is 4.00. The first kappa shape index (κ1) is 37.4. The molecule has 7 aromatic rings. The Balaban J connectivity index is 0.000000162. The van der Waals surface area contributed by atoms with Crippen LogP contribution in [-0.4, -0.2) is 53.3 Å². The topological polar surface area (TPSA) is 152 Å². The molecule has 0 aliphatic carbocycles. The molecule has 0 radical (unpaired) electrons. The summed E-state index contributed by atoms with van der Waals surface area (Å²) in [6, 6.07) is 25.2. The van der Waals surface area contributed by atoms with Gasteiger partial charge in [0.25, 0.3) is 11.1 Å². The molecule has 0 saturated heterocycles. The molecule has 9 rings (SSSR count). The van der Waals surface area contributed by atoms with Crippen molar-refractivity contribution >= 4 is 15.8 Å². The van der Waals surface area contributed by atoms with Crippen molar-refractivity contribution in [2.45, 2.75) is 57.1 Å². The second kappa shape index (κ2) is 15.2. The lowest BCUT2D eigenvalue weighted by Crippen LogP contribution is -2.17. The molecule has 6 heterocycles. The molecule has 0 spiro atoms. The summed E-state index contributed by atoms with van der Waals surface area (Å²) in [4.78, 5) is 43.2. The fourth-order valence-corrected chi connectivity index (χ4v) is 7.85. The third-order valence-corrected chi connectivity index (χ3v) is 10.8. The van der Waals surface area contributed by atoms with Gasteiger partial charge < -0.3 is 5.32 Å². The first-order valence-corrected chi connectivity index (χ1v) is 20.2. The molecular formula is C41H37F2N9O4S. The first-order valence-electron chi connectivity index (χ1n) is 18.4. The lowest BCUT2D eigenvalue weighted by atomic mass is 10.0. The number of aromatic nitrogens is 8. The maximum Gasteiger partial charge on any atom is 0.275 e. The van der Waals surface area contributed by atoms with Crippen LogP contribution in [0.2, 0.25) is 0 Å². The molecule has 0 amide bonds. The second-order valence-electron chi connectivity index (χ2n) is 13.8. The molecule has 0 unspecified atom stereocenters. The molecule has 1 N–H and O–H groups in total. The third kappa shape index (κ3) is 7.31. The molecule has 290 valence electrons. The summed E-state index contributed by atoms with van der Waals surface area (Å²) in [6.45, 7) is 4.63. The number of benzene rings is 3. The van der Waals surface area contributed by atoms with Gasteiger partial charge in [-0.25, -0.2) is 46.5 Å². The molecule has 4 aromatic heterocycles. The lowest BCUT2D eigenvalue weighted by Gasteiger charge is -2.15. The van der Waals surface area contributed by atoms with Gasteiger partial charge in [0, 0.05) is 44.8 Å². The van der Waals surface area contributed by atoms with E-state index in [1.54, 1.807) is 38.4 Å². The van der Waals surface area contributed by atoms with Gasteiger partial charge in [0.1, 0.15) is 11.6 Å². The van der Waals surface area contributed by atoms with E-state index in [0.29, 0.717) is 64.9 Å². The minimum Gasteiger partial charge on any atom is -0.348 e. The zero-order valence-corrected chi connectivity index (χ0v) is 31.8. The number of hydrogen-bond donors (Lipinski definition) is 1. The molecular weight excluding hydrogens is 753 g/mol. The second-order valence-corrected chi connectivity index (χ2v) is 15.7. The van der Waals surface area contributed by atoms with Gasteiger partial charge in [0.2, 0.25) is 20.9 Å². The Hall–Kier alpha value is -6.55. The largest absolute Gasteiger partial charge is 0.348 e. The van der Waals surface area contributed by atoms with Crippen LogP contribution in [0.4, 0.5) is 14.7 Å². The summed E-state index contributed by atoms with van der Waals surface area (Å²) < 4.78 is 57.5. The van der Waals surface area contributed by atoms with E-state index < -0.39 is 15.7 Å². The Morgan fingerprint density at radius 2 is 1.11 bits per heavy atom. The molecule has 57 heavy (non-hydrogen) atoms. The highest BCUT2D eigenvalue weighted by Gasteiger charge is 2.28. The maximum atomic E-state index is 13.5. The molecule has 2 aliphatic heterocycles. The molecule has 1 atom stereocenters. The molecule has 16 heteroatoms. The van der Waals surface area contributed by atoms with Crippen molar-refractivity contribution < 1.29 is 17.2 Å². The van der Waals surface area contributed by atoms with Crippen LogP contribution in [-0.2, 0) is 36.0 Å². The van der Waals surface area contributed by atoms with Gasteiger partial charge in [-0.15, -0.1) is 0 Å². The van der Waals surface area contributed by atoms with Crippen molar-refractivity contribution in [2.75, 3.05) is 11.6 Å². The predicted octanol–water partition coefficient (Wildman–Crippen LogP) is 6.21. The summed E-state index contributed by atoms with van der Waals surface area (Å²) in [7, 11) is -3.59. The Bertz CT molecular complexity index is 2830. The smallest absolute Gasteiger partial charge is 0.275 e. The standard InChI is InChI=1S/C24H22FN5O.C17H15FN4O3S/c1-16(17-6-3-2-4-7-17)27-24-26-13-12-20(28-24)22-21(18-8-10-19(25)11-9-18)23(31)30-15-5-14-29(22)30;1-26(24,25)17-19-8-7-13(20-17)15-14(11-3-5-12(18)6-4-11)16(23)22-10-2-9-21(15)22/h2-4,6-13,16H,5,14-15H2,1H3,(H,26,27,28);3-8H,2,9-10H2,1H3/t16-;/m0./s1. The highest BCUT2D eigenvalue weighted by molar-refractivity contribution is 7.90. The third-order valence-electron chi connectivity index (χ3n) is 9.97. The average molecular weight is 790 g/mol. The Labute approximate surface area is 325 Å². The van der Waals surface area contributed by atoms with E-state index >= 15 is 0 Å². The van der Waals surface area contributed by atoms with Crippen LogP contribution in [0.5, 0.6) is 0 Å². The van der Waals surface area contributed by atoms with Crippen LogP contribution in [0.15, 0.2) is 118 Å². The van der Waals surface area contributed by atoms with Crippen molar-refractivity contribution in [3.63, 3.8) is 0 Å². The van der Waals surface area contributed by atoms with Gasteiger partial charge in [0.05, 0.1) is 39.9 Å². The summed E-state index contributed by atoms with van der Waals surface area (Å²) >= 11 is 0. The predicted molar refractivity (Wildman–Crippen MR) is 211 cm³/mol. The van der Waals surface area contributed by atoms with Crippen molar-refractivity contribution in [1.29, 1.82) is 0 Å². The summed E-state index contributed by atoms with van der Waals surface area (Å²) in [6.07, 6.45) is 5.78. The van der Waals surface area contributed by atoms with Gasteiger partial charge >= 0.3 is 0 Å². The number of hydrogen-bond acceptors (Lipinski definition) is 9. The van der Waals surface area contributed by atoms with Crippen molar-refractivity contribution in [3.05, 3.63) is 141 Å². The van der Waals surface area contributed by atoms with E-state index in [1.165, 1.54) is 42.6 Å². The maximum absolute atomic E-state index is 13.5. The summed E-state index contributed by atoms with van der Waals surface area (Å²) in [5.74, 6) is -0.242. The van der Waals surface area contributed by atoms with Crippen LogP contribution in [0.3, 0.4) is 0 Å². The van der Waals surface area contributed by atoms with Crippen molar-refractivity contribution in [2.24, 2.45) is 0 Å². The van der Waals surface area contributed by atoms with Crippen molar-refractivity contribution in [3.8, 4) is 45.0 Å². The summed E-state index contributed by atoms with van der Waals surface area (Å²) in [5, 5.41) is 3.04. The van der Waals surface area contributed by atoms with E-state index in [-0.39, 0.29) is 28.1 Å². The van der Waals surface area contributed by atoms with Crippen LogP contribution < -0.4 is 16.4 Å². The zero-order valence-electron chi connectivity index (χ0n) is 31.0. The fourth-order valence-electron chi connectivity index (χ4n) is 7.33. The molecule has 0 saturated carbocycles. The first-order chi connectivity index (χ1) is 27.5. The van der Waals surface area contributed by atoms with E-state index in [2.05, 4.69) is 39.3 Å². The zero-order chi connectivity index (χ0) is 39.8. The van der Waals surface area contributed by atoms with Crippen LogP contribution in [0.25, 0.3) is 45.0 Å². The number of anilines is 1. The highest BCUT2D eigenvalue weighted by atomic mass is 32.2. The van der Waals surface area contributed by atoms with Gasteiger partial charge in [-0.2, -0.15) is 0 Å². The number of nitrogens with zero attached hydrogens (tertiary/aromatic N) is 8. The van der Waals surface area contributed by atoms with E-state index in [9.17, 15) is 26.8 Å². The number of fused-ring (bicyclic) bond motifs is 2. The number of nitrogens with one attached hydrogen (secondary N) is 1. The molecule has 0 fully saturated rings. The SMILES string of the molecule is CS(=O)(=O)c1nccc(-c2c(-c3ccc(F)cc3)c(=O)n3n2CCC3)n1.C[C@H](Nc1nccc(-c2c(-c3ccc(F)cc3)c(=O)n3n2CCC3)n1)c1ccccc1. The van der Waals surface area contributed by atoms with Gasteiger partial charge in [-0.1, -0.05) is 54.6 Å². The molecule has 0 bridgehead atoms. The van der Waals surface area contributed by atoms with E-state index in [0.717, 1.165) is 36.9 Å².